The van der Waals surface area contributed by atoms with Gasteiger partial charge >= 0.3 is 12.0 Å². The Hall–Kier alpha value is -1.30. The SMILES string of the molecule is COC1(C)CCCN(C(=O)N(C)CC(C)C(=O)O)C1. The highest BCUT2D eigenvalue weighted by atomic mass is 16.5. The lowest BCUT2D eigenvalue weighted by molar-refractivity contribution is -0.141. The Morgan fingerprint density at radius 3 is 2.68 bits per heavy atom. The highest BCUT2D eigenvalue weighted by Gasteiger charge is 2.34. The highest BCUT2D eigenvalue weighted by molar-refractivity contribution is 5.76. The second-order valence-electron chi connectivity index (χ2n) is 5.58. The van der Waals surface area contributed by atoms with Crippen LogP contribution in [-0.4, -0.2) is 66.3 Å². The van der Waals surface area contributed by atoms with E-state index in [4.69, 9.17) is 9.84 Å². The molecule has 110 valence electrons. The number of likely N-dealkylation sites (tertiary alicyclic amines) is 1. The summed E-state index contributed by atoms with van der Waals surface area (Å²) in [6, 6.07) is -0.129. The Labute approximate surface area is 114 Å². The van der Waals surface area contributed by atoms with Gasteiger partial charge in [-0.1, -0.05) is 6.92 Å². The molecule has 2 unspecified atom stereocenters. The van der Waals surface area contributed by atoms with Crippen LogP contribution in [0, 0.1) is 5.92 Å². The fourth-order valence-corrected chi connectivity index (χ4v) is 2.34. The molecule has 1 heterocycles. The number of urea groups is 1. The molecule has 19 heavy (non-hydrogen) atoms. The molecule has 0 aliphatic carbocycles. The first-order valence-corrected chi connectivity index (χ1v) is 6.57. The van der Waals surface area contributed by atoms with Crippen molar-refractivity contribution in [3.05, 3.63) is 0 Å². The Morgan fingerprint density at radius 1 is 1.53 bits per heavy atom. The average Bonchev–Trinajstić information content (AvgIpc) is 2.37. The molecule has 0 bridgehead atoms. The molecule has 6 heteroatoms. The first-order valence-electron chi connectivity index (χ1n) is 6.57. The third-order valence-corrected chi connectivity index (χ3v) is 3.72. The molecular weight excluding hydrogens is 248 g/mol. The van der Waals surface area contributed by atoms with Gasteiger partial charge in [-0.15, -0.1) is 0 Å². The van der Waals surface area contributed by atoms with E-state index >= 15 is 0 Å². The molecule has 0 aromatic carbocycles. The monoisotopic (exact) mass is 272 g/mol. The van der Waals surface area contributed by atoms with Crippen molar-refractivity contribution < 1.29 is 19.4 Å². The molecule has 1 saturated heterocycles. The van der Waals surface area contributed by atoms with Crippen LogP contribution in [0.25, 0.3) is 0 Å². The van der Waals surface area contributed by atoms with Gasteiger partial charge in [-0.25, -0.2) is 4.79 Å². The Kier molecular flexibility index (Phi) is 5.17. The lowest BCUT2D eigenvalue weighted by Crippen LogP contribution is -2.53. The summed E-state index contributed by atoms with van der Waals surface area (Å²) in [7, 11) is 3.30. The maximum atomic E-state index is 12.3. The predicted octanol–water partition coefficient (Wildman–Crippen LogP) is 1.26. The van der Waals surface area contributed by atoms with Crippen molar-refractivity contribution in [2.24, 2.45) is 5.92 Å². The number of aliphatic carboxylic acids is 1. The molecule has 0 saturated carbocycles. The average molecular weight is 272 g/mol. The van der Waals surface area contributed by atoms with Crippen molar-refractivity contribution >= 4 is 12.0 Å². The van der Waals surface area contributed by atoms with Gasteiger partial charge in [0.15, 0.2) is 0 Å². The summed E-state index contributed by atoms with van der Waals surface area (Å²) < 4.78 is 5.45. The molecule has 2 atom stereocenters. The Bertz CT molecular complexity index is 348. The van der Waals surface area contributed by atoms with Gasteiger partial charge in [0.25, 0.3) is 0 Å². The van der Waals surface area contributed by atoms with Crippen LogP contribution in [-0.2, 0) is 9.53 Å². The van der Waals surface area contributed by atoms with Crippen molar-refractivity contribution in [3.8, 4) is 0 Å². The van der Waals surface area contributed by atoms with Gasteiger partial charge in [0, 0.05) is 27.2 Å². The quantitative estimate of drug-likeness (QED) is 0.836. The molecule has 0 aromatic heterocycles. The van der Waals surface area contributed by atoms with E-state index in [1.807, 2.05) is 6.92 Å². The highest BCUT2D eigenvalue weighted by Crippen LogP contribution is 2.24. The number of carboxylic acids is 1. The number of hydrogen-bond acceptors (Lipinski definition) is 3. The summed E-state index contributed by atoms with van der Waals surface area (Å²) in [5, 5.41) is 8.87. The van der Waals surface area contributed by atoms with Gasteiger partial charge < -0.3 is 19.6 Å². The van der Waals surface area contributed by atoms with Gasteiger partial charge in [0.05, 0.1) is 18.1 Å². The van der Waals surface area contributed by atoms with Crippen molar-refractivity contribution in [2.45, 2.75) is 32.3 Å². The number of carbonyl (C=O) groups is 2. The van der Waals surface area contributed by atoms with Crippen molar-refractivity contribution in [2.75, 3.05) is 33.8 Å². The van der Waals surface area contributed by atoms with E-state index in [2.05, 4.69) is 0 Å². The van der Waals surface area contributed by atoms with E-state index in [-0.39, 0.29) is 18.2 Å². The number of rotatable bonds is 4. The summed E-state index contributed by atoms with van der Waals surface area (Å²) >= 11 is 0. The maximum absolute atomic E-state index is 12.3. The minimum absolute atomic E-state index is 0.129. The predicted molar refractivity (Wildman–Crippen MR) is 71.0 cm³/mol. The third-order valence-electron chi connectivity index (χ3n) is 3.72. The number of hydrogen-bond donors (Lipinski definition) is 1. The van der Waals surface area contributed by atoms with Gasteiger partial charge in [-0.3, -0.25) is 4.79 Å². The first kappa shape index (κ1) is 15.8. The fraction of sp³-hybridized carbons (Fsp3) is 0.846. The van der Waals surface area contributed by atoms with E-state index in [0.717, 1.165) is 12.8 Å². The van der Waals surface area contributed by atoms with Gasteiger partial charge in [0.2, 0.25) is 0 Å². The molecule has 1 rings (SSSR count). The van der Waals surface area contributed by atoms with E-state index in [1.54, 1.807) is 26.0 Å². The van der Waals surface area contributed by atoms with Crippen LogP contribution >= 0.6 is 0 Å². The first-order chi connectivity index (χ1) is 8.79. The molecule has 6 nitrogen and oxygen atoms in total. The number of carbonyl (C=O) groups excluding carboxylic acids is 1. The molecule has 1 aliphatic rings. The topological polar surface area (TPSA) is 70.1 Å². The van der Waals surface area contributed by atoms with Gasteiger partial charge in [-0.05, 0) is 19.8 Å². The summed E-state index contributed by atoms with van der Waals surface area (Å²) in [6.45, 7) is 5.06. The summed E-state index contributed by atoms with van der Waals surface area (Å²) in [5.74, 6) is -1.45. The molecular formula is C13H24N2O4. The largest absolute Gasteiger partial charge is 0.481 e. The second kappa shape index (κ2) is 6.23. The van der Waals surface area contributed by atoms with E-state index in [0.29, 0.717) is 13.1 Å². The second-order valence-corrected chi connectivity index (χ2v) is 5.58. The van der Waals surface area contributed by atoms with Crippen LogP contribution in [0.5, 0.6) is 0 Å². The van der Waals surface area contributed by atoms with Crippen molar-refractivity contribution in [3.63, 3.8) is 0 Å². The van der Waals surface area contributed by atoms with Gasteiger partial charge in [0.1, 0.15) is 0 Å². The third kappa shape index (κ3) is 4.09. The zero-order chi connectivity index (χ0) is 14.6. The Balaban J connectivity index is 2.59. The minimum Gasteiger partial charge on any atom is -0.481 e. The van der Waals surface area contributed by atoms with Crippen LogP contribution in [0.4, 0.5) is 4.79 Å². The minimum atomic E-state index is -0.889. The summed E-state index contributed by atoms with van der Waals surface area (Å²) in [4.78, 5) is 26.3. The van der Waals surface area contributed by atoms with Crippen molar-refractivity contribution in [1.29, 1.82) is 0 Å². The molecule has 0 spiro atoms. The number of nitrogens with zero attached hydrogens (tertiary/aromatic N) is 2. The number of amides is 2. The fourth-order valence-electron chi connectivity index (χ4n) is 2.34. The molecule has 1 aliphatic heterocycles. The summed E-state index contributed by atoms with van der Waals surface area (Å²) in [6.07, 6.45) is 1.83. The number of carboxylic acid groups (broad SMARTS) is 1. The Morgan fingerprint density at radius 2 is 2.16 bits per heavy atom. The zero-order valence-corrected chi connectivity index (χ0v) is 12.2. The molecule has 1 N–H and O–H groups in total. The van der Waals surface area contributed by atoms with Crippen LogP contribution in [0.2, 0.25) is 0 Å². The molecule has 0 aromatic rings. The normalized spacial score (nSPS) is 24.9. The van der Waals surface area contributed by atoms with E-state index in [9.17, 15) is 9.59 Å². The molecule has 1 fully saturated rings. The summed E-state index contributed by atoms with van der Waals surface area (Å²) in [5.41, 5.74) is -0.298. The van der Waals surface area contributed by atoms with Crippen molar-refractivity contribution in [1.82, 2.24) is 9.80 Å². The van der Waals surface area contributed by atoms with Crippen LogP contribution in [0.1, 0.15) is 26.7 Å². The van der Waals surface area contributed by atoms with E-state index in [1.165, 1.54) is 4.90 Å². The molecule has 0 radical (unpaired) electrons. The number of methoxy groups -OCH3 is 1. The number of piperidine rings is 1. The van der Waals surface area contributed by atoms with E-state index < -0.39 is 11.9 Å². The lowest BCUT2D eigenvalue weighted by atomic mass is 9.95. The van der Waals surface area contributed by atoms with Gasteiger partial charge in [-0.2, -0.15) is 0 Å². The maximum Gasteiger partial charge on any atom is 0.319 e. The van der Waals surface area contributed by atoms with Crippen LogP contribution < -0.4 is 0 Å². The smallest absolute Gasteiger partial charge is 0.319 e. The van der Waals surface area contributed by atoms with Crippen LogP contribution in [0.3, 0.4) is 0 Å². The van der Waals surface area contributed by atoms with Crippen LogP contribution in [0.15, 0.2) is 0 Å². The lowest BCUT2D eigenvalue weighted by Gasteiger charge is -2.40. The number of ether oxygens (including phenoxy) is 1. The zero-order valence-electron chi connectivity index (χ0n) is 12.2. The molecule has 2 amide bonds. The standard InChI is InChI=1S/C13H24N2O4/c1-10(11(16)17)8-14(3)12(18)15-7-5-6-13(2,9-15)19-4/h10H,5-9H2,1-4H3,(H,16,17).